The lowest BCUT2D eigenvalue weighted by Gasteiger charge is -2.67. The number of nitrogens with zero attached hydrogens (tertiary/aromatic N) is 1. The molecule has 0 radical (unpaired) electrons. The van der Waals surface area contributed by atoms with Crippen molar-refractivity contribution in [3.8, 4) is 5.75 Å². The molecule has 16 heteroatoms. The number of carbonyl (C=O) groups excluding carboxylic acids is 5. The number of hydrogen-bond acceptors (Lipinski definition) is 15. The summed E-state index contributed by atoms with van der Waals surface area (Å²) < 4.78 is 36.6. The number of Topliss-reactive ketones (excluding diaryl/α,β-unsaturated/α-hetero) is 1. The van der Waals surface area contributed by atoms with E-state index in [0.717, 1.165) is 12.3 Å². The Labute approximate surface area is 365 Å². The van der Waals surface area contributed by atoms with E-state index in [1.165, 1.54) is 13.8 Å². The van der Waals surface area contributed by atoms with E-state index in [4.69, 9.17) is 28.4 Å². The molecule has 2 bridgehead atoms. The molecule has 0 unspecified atom stereocenters. The third-order valence-electron chi connectivity index (χ3n) is 13.5. The second-order valence-electron chi connectivity index (χ2n) is 18.9. The van der Waals surface area contributed by atoms with E-state index >= 15 is 4.79 Å². The number of rotatable bonds is 9. The molecule has 16 nitrogen and oxygen atoms in total. The van der Waals surface area contributed by atoms with Crippen LogP contribution in [0, 0.1) is 16.7 Å². The molecule has 2 aromatic carbocycles. The molecule has 1 amide bonds. The number of aromatic nitrogens is 1. The van der Waals surface area contributed by atoms with Gasteiger partial charge in [0.05, 0.1) is 30.1 Å². The van der Waals surface area contributed by atoms with Gasteiger partial charge in [0.15, 0.2) is 23.6 Å². The van der Waals surface area contributed by atoms with Crippen molar-refractivity contribution < 1.29 is 67.7 Å². The second-order valence-corrected chi connectivity index (χ2v) is 18.9. The summed E-state index contributed by atoms with van der Waals surface area (Å²) in [5.74, 6) is -4.72. The topological polar surface area (TPSA) is 226 Å². The maximum Gasteiger partial charge on any atom is 0.408 e. The first kappa shape index (κ1) is 45.6. The van der Waals surface area contributed by atoms with Gasteiger partial charge >= 0.3 is 24.0 Å². The fraction of sp³-hybridized carbons (Fsp3) is 0.532. The van der Waals surface area contributed by atoms with Gasteiger partial charge in [-0.3, -0.25) is 19.4 Å². The van der Waals surface area contributed by atoms with E-state index in [1.54, 1.807) is 109 Å². The quantitative estimate of drug-likeness (QED) is 0.131. The number of fused-ring (bicyclic) bond motifs is 6. The predicted octanol–water partition coefficient (Wildman–Crippen LogP) is 4.60. The number of nitrogens with one attached hydrogen (secondary N) is 1. The minimum Gasteiger partial charge on any atom is -0.487 e. The summed E-state index contributed by atoms with van der Waals surface area (Å²) >= 11 is 0. The van der Waals surface area contributed by atoms with E-state index in [2.05, 4.69) is 10.3 Å². The van der Waals surface area contributed by atoms with Crippen molar-refractivity contribution in [3.63, 3.8) is 0 Å². The zero-order valence-electron chi connectivity index (χ0n) is 36.9. The van der Waals surface area contributed by atoms with Gasteiger partial charge < -0.3 is 49.1 Å². The van der Waals surface area contributed by atoms with E-state index in [-0.39, 0.29) is 29.9 Å². The number of aliphatic hydroxyl groups is 3. The summed E-state index contributed by atoms with van der Waals surface area (Å²) in [6.07, 6.45) is -7.45. The Bertz CT molecular complexity index is 2340. The highest BCUT2D eigenvalue weighted by Crippen LogP contribution is 2.64. The van der Waals surface area contributed by atoms with Gasteiger partial charge in [-0.25, -0.2) is 9.59 Å². The molecule has 2 saturated carbocycles. The van der Waals surface area contributed by atoms with Crippen molar-refractivity contribution in [2.45, 2.75) is 135 Å². The van der Waals surface area contributed by atoms with Gasteiger partial charge in [0.25, 0.3) is 0 Å². The van der Waals surface area contributed by atoms with Crippen LogP contribution in [0.1, 0.15) is 86.8 Å². The van der Waals surface area contributed by atoms with Crippen LogP contribution in [0.2, 0.25) is 0 Å². The molecule has 3 aliphatic carbocycles. The highest BCUT2D eigenvalue weighted by atomic mass is 16.6. The molecular weight excluding hydrogens is 817 g/mol. The minimum atomic E-state index is -2.23. The smallest absolute Gasteiger partial charge is 0.408 e. The number of benzene rings is 2. The van der Waals surface area contributed by atoms with Crippen molar-refractivity contribution in [1.29, 1.82) is 0 Å². The van der Waals surface area contributed by atoms with Gasteiger partial charge in [0.2, 0.25) is 0 Å². The zero-order chi connectivity index (χ0) is 46.0. The van der Waals surface area contributed by atoms with Crippen LogP contribution in [0.15, 0.2) is 78.1 Å². The van der Waals surface area contributed by atoms with E-state index in [1.807, 2.05) is 0 Å². The van der Waals surface area contributed by atoms with Crippen LogP contribution in [0.5, 0.6) is 5.75 Å². The van der Waals surface area contributed by atoms with E-state index < -0.39 is 112 Å². The average Bonchev–Trinajstić information content (AvgIpc) is 3.20. The predicted molar refractivity (Wildman–Crippen MR) is 224 cm³/mol. The van der Waals surface area contributed by atoms with Crippen LogP contribution >= 0.6 is 0 Å². The monoisotopic (exact) mass is 872 g/mol. The molecule has 338 valence electrons. The number of hydrogen-bond donors (Lipinski definition) is 4. The summed E-state index contributed by atoms with van der Waals surface area (Å²) in [6, 6.07) is 13.8. The molecule has 1 saturated heterocycles. The van der Waals surface area contributed by atoms with Crippen LogP contribution in [-0.2, 0) is 42.9 Å². The van der Waals surface area contributed by atoms with Crippen LogP contribution in [-0.4, -0.2) is 110 Å². The van der Waals surface area contributed by atoms with Crippen molar-refractivity contribution in [1.82, 2.24) is 10.3 Å². The Balaban J connectivity index is 1.41. The minimum absolute atomic E-state index is 0.0759. The van der Waals surface area contributed by atoms with Gasteiger partial charge in [-0.15, -0.1) is 0 Å². The van der Waals surface area contributed by atoms with Crippen LogP contribution in [0.3, 0.4) is 0 Å². The summed E-state index contributed by atoms with van der Waals surface area (Å²) in [4.78, 5) is 73.4. The maximum absolute atomic E-state index is 15.6. The first-order valence-electron chi connectivity index (χ1n) is 21.0. The molecule has 7 rings (SSSR count). The summed E-state index contributed by atoms with van der Waals surface area (Å²) in [6.45, 7) is 13.4. The molecule has 3 aromatic rings. The summed E-state index contributed by atoms with van der Waals surface area (Å²) in [5, 5.41) is 41.9. The third kappa shape index (κ3) is 7.84. The number of ketones is 1. The number of esters is 3. The van der Waals surface area contributed by atoms with Gasteiger partial charge in [-0.2, -0.15) is 0 Å². The van der Waals surface area contributed by atoms with Crippen molar-refractivity contribution in [2.75, 3.05) is 6.61 Å². The number of pyridine rings is 1. The Morgan fingerprint density at radius 2 is 1.67 bits per heavy atom. The highest BCUT2D eigenvalue weighted by Gasteiger charge is 2.78. The number of carbonyl (C=O) groups is 5. The molecule has 0 spiro atoms. The molecular formula is C47H56N2O14. The van der Waals surface area contributed by atoms with E-state index in [0.29, 0.717) is 10.9 Å². The van der Waals surface area contributed by atoms with Gasteiger partial charge in [-0.1, -0.05) is 50.2 Å². The normalized spacial score (nSPS) is 32.0. The average molecular weight is 873 g/mol. The molecule has 4 N–H and O–H groups in total. The van der Waals surface area contributed by atoms with Gasteiger partial charge in [0.1, 0.15) is 35.3 Å². The standard InChI is InChI=1S/C47H56N2O14/c1-24-31(61-41(55)36(53)35(28-13-11-10-12-14-28)49-42(56)63-43(4,5)6)21-47(57)40(60-30-16-15-27-17-18-48-22-29(27)19-30)38-45(9,32(52)20-33-46(38,23-58-33)62-26(3)51)39(54)37(59-25(2)50)34(24)44(47,7)8/h10-19,22,31-33,35-38,40,52-53,57H,20-21,23H2,1-9H3,(H,49,56)/t31-,32-,33+,35-,36+,37+,38-,40-,45+,46-,47+/m0/s1. The van der Waals surface area contributed by atoms with Crippen molar-refractivity contribution >= 4 is 40.6 Å². The molecule has 63 heavy (non-hydrogen) atoms. The Morgan fingerprint density at radius 3 is 2.29 bits per heavy atom. The lowest BCUT2D eigenvalue weighted by Crippen LogP contribution is -2.82. The molecule has 1 aliphatic heterocycles. The number of amides is 1. The first-order valence-corrected chi connectivity index (χ1v) is 21.0. The fourth-order valence-corrected chi connectivity index (χ4v) is 10.3. The molecule has 4 aliphatic rings. The van der Waals surface area contributed by atoms with Crippen molar-refractivity contribution in [3.05, 3.63) is 83.7 Å². The lowest BCUT2D eigenvalue weighted by molar-refractivity contribution is -0.343. The highest BCUT2D eigenvalue weighted by molar-refractivity contribution is 5.95. The summed E-state index contributed by atoms with van der Waals surface area (Å²) in [5.41, 5.74) is -7.66. The maximum atomic E-state index is 15.6. The summed E-state index contributed by atoms with van der Waals surface area (Å²) in [7, 11) is 0. The second kappa shape index (κ2) is 16.3. The van der Waals surface area contributed by atoms with Gasteiger partial charge in [0, 0.05) is 49.9 Å². The molecule has 11 atom stereocenters. The van der Waals surface area contributed by atoms with E-state index in [9.17, 15) is 34.5 Å². The fourth-order valence-electron chi connectivity index (χ4n) is 10.3. The SMILES string of the molecule is CC(=O)O[C@H]1C(=O)[C@@]2(C)[C@H]([C@H](Oc3ccc4ccncc4c3)[C@]3(O)C[C@H](OC(=O)[C@H](O)[C@@H](NC(=O)OC(C)(C)C)c4ccccc4)C(C)=C1C3(C)C)[C@]1(OC(C)=O)CO[C@@H]1C[C@@H]2O. The van der Waals surface area contributed by atoms with Crippen LogP contribution in [0.25, 0.3) is 10.8 Å². The largest absolute Gasteiger partial charge is 0.487 e. The Hall–Kier alpha value is -5.42. The van der Waals surface area contributed by atoms with Crippen LogP contribution in [0.4, 0.5) is 4.79 Å². The Morgan fingerprint density at radius 1 is 0.968 bits per heavy atom. The molecule has 3 fully saturated rings. The zero-order valence-corrected chi connectivity index (χ0v) is 36.9. The third-order valence-corrected chi connectivity index (χ3v) is 13.5. The van der Waals surface area contributed by atoms with Gasteiger partial charge in [-0.05, 0) is 74.9 Å². The lowest BCUT2D eigenvalue weighted by atomic mass is 9.44. The number of ether oxygens (including phenoxy) is 6. The molecule has 2 heterocycles. The number of aliphatic hydroxyl groups excluding tert-OH is 2. The molecule has 1 aromatic heterocycles. The Kier molecular flexibility index (Phi) is 11.8. The van der Waals surface area contributed by atoms with Crippen LogP contribution < -0.4 is 10.1 Å². The number of alkyl carbamates (subject to hydrolysis) is 1. The first-order chi connectivity index (χ1) is 29.4. The van der Waals surface area contributed by atoms with Crippen molar-refractivity contribution in [2.24, 2.45) is 16.7 Å².